The average Bonchev–Trinajstić information content (AvgIpc) is 3.12. The number of hydrogen-bond donors (Lipinski definition) is 2. The van der Waals surface area contributed by atoms with Crippen molar-refractivity contribution in [3.05, 3.63) is 29.3 Å². The van der Waals surface area contributed by atoms with E-state index in [0.717, 1.165) is 36.1 Å². The van der Waals surface area contributed by atoms with Crippen LogP contribution in [0.4, 0.5) is 5.69 Å². The van der Waals surface area contributed by atoms with E-state index in [-0.39, 0.29) is 5.91 Å². The van der Waals surface area contributed by atoms with E-state index in [1.165, 1.54) is 0 Å². The maximum atomic E-state index is 11.6. The number of hydrogen-bond acceptors (Lipinski definition) is 3. The first-order valence-electron chi connectivity index (χ1n) is 6.38. The number of aliphatic hydroxyl groups excluding tert-OH is 1. The SMILES string of the molecule is CN1C(=O)CCc2cc(C(O)C3(N)CC3)ccc21. The highest BCUT2D eigenvalue weighted by molar-refractivity contribution is 5.95. The molecule has 4 heteroatoms. The first kappa shape index (κ1) is 11.7. The molecule has 1 unspecified atom stereocenters. The number of anilines is 1. The van der Waals surface area contributed by atoms with Gasteiger partial charge in [0.2, 0.25) is 5.91 Å². The smallest absolute Gasteiger partial charge is 0.227 e. The zero-order valence-corrected chi connectivity index (χ0v) is 10.5. The zero-order chi connectivity index (χ0) is 12.9. The van der Waals surface area contributed by atoms with E-state index in [2.05, 4.69) is 0 Å². The number of nitrogens with zero attached hydrogens (tertiary/aromatic N) is 1. The van der Waals surface area contributed by atoms with Crippen molar-refractivity contribution >= 4 is 11.6 Å². The fourth-order valence-electron chi connectivity index (χ4n) is 2.60. The molecule has 18 heavy (non-hydrogen) atoms. The monoisotopic (exact) mass is 246 g/mol. The lowest BCUT2D eigenvalue weighted by atomic mass is 9.94. The molecule has 0 bridgehead atoms. The highest BCUT2D eigenvalue weighted by Crippen LogP contribution is 2.44. The van der Waals surface area contributed by atoms with Gasteiger partial charge in [-0.1, -0.05) is 12.1 Å². The van der Waals surface area contributed by atoms with Crippen molar-refractivity contribution < 1.29 is 9.90 Å². The molecule has 96 valence electrons. The van der Waals surface area contributed by atoms with Gasteiger partial charge >= 0.3 is 0 Å². The number of aryl methyl sites for hydroxylation is 1. The van der Waals surface area contributed by atoms with Crippen LogP contribution in [0.1, 0.15) is 36.5 Å². The van der Waals surface area contributed by atoms with E-state index in [4.69, 9.17) is 5.73 Å². The summed E-state index contributed by atoms with van der Waals surface area (Å²) in [5.41, 5.74) is 8.55. The third-order valence-corrected chi connectivity index (χ3v) is 4.13. The fraction of sp³-hybridized carbons (Fsp3) is 0.500. The second-order valence-corrected chi connectivity index (χ2v) is 5.48. The first-order chi connectivity index (χ1) is 8.51. The van der Waals surface area contributed by atoms with Crippen molar-refractivity contribution in [1.29, 1.82) is 0 Å². The van der Waals surface area contributed by atoms with Crippen LogP contribution in [0.25, 0.3) is 0 Å². The summed E-state index contributed by atoms with van der Waals surface area (Å²) in [7, 11) is 1.79. The minimum atomic E-state index is -0.592. The Hall–Kier alpha value is -1.39. The Kier molecular flexibility index (Phi) is 2.47. The van der Waals surface area contributed by atoms with Crippen molar-refractivity contribution in [1.82, 2.24) is 0 Å². The van der Waals surface area contributed by atoms with E-state index >= 15 is 0 Å². The summed E-state index contributed by atoms with van der Waals surface area (Å²) in [5.74, 6) is 0.147. The van der Waals surface area contributed by atoms with Crippen LogP contribution >= 0.6 is 0 Å². The molecule has 3 N–H and O–H groups in total. The Morgan fingerprint density at radius 1 is 1.39 bits per heavy atom. The van der Waals surface area contributed by atoms with E-state index in [9.17, 15) is 9.90 Å². The first-order valence-corrected chi connectivity index (χ1v) is 6.38. The van der Waals surface area contributed by atoms with Gasteiger partial charge in [-0.2, -0.15) is 0 Å². The van der Waals surface area contributed by atoms with Gasteiger partial charge in [-0.05, 0) is 36.5 Å². The Balaban J connectivity index is 1.94. The number of benzene rings is 1. The molecule has 1 aliphatic carbocycles. The highest BCUT2D eigenvalue weighted by atomic mass is 16.3. The quantitative estimate of drug-likeness (QED) is 0.821. The largest absolute Gasteiger partial charge is 0.386 e. The van der Waals surface area contributed by atoms with Crippen LogP contribution in [0.3, 0.4) is 0 Å². The molecular weight excluding hydrogens is 228 g/mol. The molecule has 2 aliphatic rings. The maximum Gasteiger partial charge on any atom is 0.227 e. The molecule has 0 saturated heterocycles. The van der Waals surface area contributed by atoms with Gasteiger partial charge < -0.3 is 15.7 Å². The number of carbonyl (C=O) groups is 1. The molecule has 1 saturated carbocycles. The van der Waals surface area contributed by atoms with Crippen molar-refractivity contribution in [2.75, 3.05) is 11.9 Å². The summed E-state index contributed by atoms with van der Waals surface area (Å²) in [4.78, 5) is 13.3. The minimum absolute atomic E-state index is 0.147. The standard InChI is InChI=1S/C14H18N2O2/c1-16-11-4-2-10(13(18)14(15)6-7-14)8-9(11)3-5-12(16)17/h2,4,8,13,18H,3,5-7,15H2,1H3. The summed E-state index contributed by atoms with van der Waals surface area (Å²) in [6.45, 7) is 0. The lowest BCUT2D eigenvalue weighted by molar-refractivity contribution is -0.118. The van der Waals surface area contributed by atoms with Crippen LogP contribution in [0.15, 0.2) is 18.2 Å². The molecule has 1 amide bonds. The van der Waals surface area contributed by atoms with E-state index in [0.29, 0.717) is 6.42 Å². The molecule has 1 heterocycles. The average molecular weight is 246 g/mol. The van der Waals surface area contributed by atoms with Crippen molar-refractivity contribution in [2.24, 2.45) is 5.73 Å². The number of rotatable bonds is 2. The van der Waals surface area contributed by atoms with Gasteiger partial charge in [0, 0.05) is 24.7 Å². The summed E-state index contributed by atoms with van der Waals surface area (Å²) in [6, 6.07) is 5.79. The summed E-state index contributed by atoms with van der Waals surface area (Å²) < 4.78 is 0. The van der Waals surface area contributed by atoms with Crippen LogP contribution in [0, 0.1) is 0 Å². The second-order valence-electron chi connectivity index (χ2n) is 5.48. The third kappa shape index (κ3) is 1.72. The zero-order valence-electron chi connectivity index (χ0n) is 10.5. The molecule has 0 aromatic heterocycles. The molecule has 0 radical (unpaired) electrons. The normalized spacial score (nSPS) is 22.6. The number of fused-ring (bicyclic) bond motifs is 1. The molecular formula is C14H18N2O2. The predicted octanol–water partition coefficient (Wildman–Crippen LogP) is 1.12. The summed E-state index contributed by atoms with van der Waals surface area (Å²) in [5, 5.41) is 10.2. The van der Waals surface area contributed by atoms with Crippen LogP contribution < -0.4 is 10.6 Å². The third-order valence-electron chi connectivity index (χ3n) is 4.13. The number of aliphatic hydroxyl groups is 1. The van der Waals surface area contributed by atoms with Crippen molar-refractivity contribution in [3.8, 4) is 0 Å². The highest BCUT2D eigenvalue weighted by Gasteiger charge is 2.45. The lowest BCUT2D eigenvalue weighted by Gasteiger charge is -2.27. The number of nitrogens with two attached hydrogens (primary N) is 1. The summed E-state index contributed by atoms with van der Waals surface area (Å²) in [6.07, 6.45) is 2.45. The van der Waals surface area contributed by atoms with Gasteiger partial charge in [-0.25, -0.2) is 0 Å². The predicted molar refractivity (Wildman–Crippen MR) is 69.3 cm³/mol. The van der Waals surface area contributed by atoms with Crippen LogP contribution in [-0.4, -0.2) is 23.6 Å². The van der Waals surface area contributed by atoms with Gasteiger partial charge in [-0.3, -0.25) is 4.79 Å². The number of carbonyl (C=O) groups excluding carboxylic acids is 1. The Labute approximate surface area is 106 Å². The maximum absolute atomic E-state index is 11.6. The summed E-state index contributed by atoms with van der Waals surface area (Å²) >= 11 is 0. The molecule has 1 atom stereocenters. The lowest BCUT2D eigenvalue weighted by Crippen LogP contribution is -2.32. The Morgan fingerprint density at radius 2 is 2.11 bits per heavy atom. The van der Waals surface area contributed by atoms with Crippen LogP contribution in [-0.2, 0) is 11.2 Å². The van der Waals surface area contributed by atoms with Crippen LogP contribution in [0.2, 0.25) is 0 Å². The topological polar surface area (TPSA) is 66.6 Å². The molecule has 3 rings (SSSR count). The van der Waals surface area contributed by atoms with Gasteiger partial charge in [0.1, 0.15) is 0 Å². The van der Waals surface area contributed by atoms with E-state index in [1.807, 2.05) is 18.2 Å². The second kappa shape index (κ2) is 3.80. The molecule has 1 aromatic rings. The van der Waals surface area contributed by atoms with Gasteiger partial charge in [0.25, 0.3) is 0 Å². The minimum Gasteiger partial charge on any atom is -0.386 e. The molecule has 1 fully saturated rings. The van der Waals surface area contributed by atoms with E-state index < -0.39 is 11.6 Å². The Bertz CT molecular complexity index is 509. The molecule has 1 aromatic carbocycles. The van der Waals surface area contributed by atoms with Gasteiger partial charge in [0.05, 0.1) is 6.10 Å². The number of amides is 1. The van der Waals surface area contributed by atoms with Gasteiger partial charge in [-0.15, -0.1) is 0 Å². The van der Waals surface area contributed by atoms with Gasteiger partial charge in [0.15, 0.2) is 0 Å². The molecule has 4 nitrogen and oxygen atoms in total. The van der Waals surface area contributed by atoms with E-state index in [1.54, 1.807) is 11.9 Å². The molecule has 1 aliphatic heterocycles. The van der Waals surface area contributed by atoms with Crippen molar-refractivity contribution in [3.63, 3.8) is 0 Å². The van der Waals surface area contributed by atoms with Crippen molar-refractivity contribution in [2.45, 2.75) is 37.3 Å². The fourth-order valence-corrected chi connectivity index (χ4v) is 2.60. The van der Waals surface area contributed by atoms with Crippen LogP contribution in [0.5, 0.6) is 0 Å². The Morgan fingerprint density at radius 3 is 2.78 bits per heavy atom. The molecule has 0 spiro atoms.